The van der Waals surface area contributed by atoms with E-state index >= 15 is 0 Å². The van der Waals surface area contributed by atoms with Crippen molar-refractivity contribution in [3.05, 3.63) is 47.2 Å². The van der Waals surface area contributed by atoms with Crippen molar-refractivity contribution in [3.63, 3.8) is 0 Å². The summed E-state index contributed by atoms with van der Waals surface area (Å²) in [6.07, 6.45) is 6.67. The molecule has 1 aromatic rings. The van der Waals surface area contributed by atoms with Gasteiger partial charge in [0.1, 0.15) is 0 Å². The molecule has 1 rings (SSSR count). The molecule has 138 valence electrons. The molecule has 0 heterocycles. The van der Waals surface area contributed by atoms with Gasteiger partial charge in [0, 0.05) is 13.1 Å². The van der Waals surface area contributed by atoms with Crippen LogP contribution in [0, 0.1) is 0 Å². The van der Waals surface area contributed by atoms with Crippen LogP contribution >= 0.6 is 12.2 Å². The molecule has 0 aromatic heterocycles. The summed E-state index contributed by atoms with van der Waals surface area (Å²) < 4.78 is 5.12. The number of rotatable bonds is 9. The van der Waals surface area contributed by atoms with Crippen molar-refractivity contribution in [2.75, 3.05) is 20.2 Å². The van der Waals surface area contributed by atoms with Gasteiger partial charge in [-0.15, -0.1) is 0 Å². The fourth-order valence-corrected chi connectivity index (χ4v) is 2.33. The summed E-state index contributed by atoms with van der Waals surface area (Å²) in [7, 11) is 1.66. The van der Waals surface area contributed by atoms with Crippen molar-refractivity contribution < 1.29 is 14.9 Å². The summed E-state index contributed by atoms with van der Waals surface area (Å²) in [5, 5.41) is 25.7. The first kappa shape index (κ1) is 20.8. The van der Waals surface area contributed by atoms with E-state index in [1.807, 2.05) is 13.0 Å². The molecule has 0 spiro atoms. The van der Waals surface area contributed by atoms with Crippen LogP contribution in [0.25, 0.3) is 0 Å². The van der Waals surface area contributed by atoms with Crippen molar-refractivity contribution >= 4 is 17.3 Å². The highest BCUT2D eigenvalue weighted by Gasteiger charge is 2.02. The lowest BCUT2D eigenvalue weighted by molar-refractivity contribution is 0.293. The first-order valence-corrected chi connectivity index (χ1v) is 8.80. The van der Waals surface area contributed by atoms with Crippen LogP contribution in [-0.2, 0) is 11.2 Å². The number of thiocarbonyl (C=S) groups is 1. The van der Waals surface area contributed by atoms with Crippen LogP contribution in [-0.4, -0.2) is 35.5 Å². The van der Waals surface area contributed by atoms with E-state index in [4.69, 9.17) is 17.0 Å². The summed E-state index contributed by atoms with van der Waals surface area (Å²) in [5.41, 5.74) is 2.26. The van der Waals surface area contributed by atoms with E-state index in [0.717, 1.165) is 30.7 Å². The summed E-state index contributed by atoms with van der Waals surface area (Å²) in [4.78, 5) is 0. The van der Waals surface area contributed by atoms with Gasteiger partial charge in [0.15, 0.2) is 16.6 Å². The third kappa shape index (κ3) is 8.44. The third-order valence-electron chi connectivity index (χ3n) is 3.80. The molecule has 0 aliphatic heterocycles. The van der Waals surface area contributed by atoms with E-state index in [9.17, 15) is 10.2 Å². The number of benzene rings is 1. The Hall–Kier alpha value is -2.21. The number of allylic oxidation sites excluding steroid dienone is 3. The monoisotopic (exact) mass is 364 g/mol. The van der Waals surface area contributed by atoms with Gasteiger partial charge >= 0.3 is 0 Å². The zero-order chi connectivity index (χ0) is 18.7. The maximum Gasteiger partial charge on any atom is 0.166 e. The topological polar surface area (TPSA) is 73.8 Å². The molecule has 0 aliphatic rings. The number of hydrogen-bond donors (Lipinski definition) is 4. The zero-order valence-electron chi connectivity index (χ0n) is 15.1. The number of methoxy groups -OCH3 is 1. The minimum Gasteiger partial charge on any atom is -0.504 e. The van der Waals surface area contributed by atoms with Crippen LogP contribution in [0.15, 0.2) is 41.7 Å². The average Bonchev–Trinajstić information content (AvgIpc) is 2.60. The molecule has 5 nitrogen and oxygen atoms in total. The molecule has 0 aliphatic carbocycles. The number of phenolic OH excluding ortho intramolecular Hbond substituents is 2. The van der Waals surface area contributed by atoms with E-state index in [2.05, 4.69) is 23.6 Å². The molecule has 0 bridgehead atoms. The molecule has 6 heteroatoms. The van der Waals surface area contributed by atoms with Gasteiger partial charge in [-0.25, -0.2) is 0 Å². The average molecular weight is 365 g/mol. The highest BCUT2D eigenvalue weighted by molar-refractivity contribution is 7.80. The van der Waals surface area contributed by atoms with E-state index in [-0.39, 0.29) is 11.5 Å². The molecule has 0 atom stereocenters. The zero-order valence-corrected chi connectivity index (χ0v) is 15.9. The molecular weight excluding hydrogens is 336 g/mol. The van der Waals surface area contributed by atoms with Crippen LogP contribution < -0.4 is 10.6 Å². The molecule has 0 unspecified atom stereocenters. The van der Waals surface area contributed by atoms with Crippen molar-refractivity contribution in [2.45, 2.75) is 33.1 Å². The number of phenols is 2. The van der Waals surface area contributed by atoms with Crippen LogP contribution in [0.1, 0.15) is 32.3 Å². The fraction of sp³-hybridized carbons (Fsp3) is 0.421. The Morgan fingerprint density at radius 2 is 1.88 bits per heavy atom. The Kier molecular flexibility index (Phi) is 9.47. The van der Waals surface area contributed by atoms with Gasteiger partial charge in [0.05, 0.1) is 12.9 Å². The van der Waals surface area contributed by atoms with Gasteiger partial charge < -0.3 is 25.6 Å². The molecule has 0 radical (unpaired) electrons. The molecule has 4 N–H and O–H groups in total. The van der Waals surface area contributed by atoms with Crippen LogP contribution in [0.3, 0.4) is 0 Å². The van der Waals surface area contributed by atoms with Gasteiger partial charge in [-0.05, 0) is 62.2 Å². The minimum atomic E-state index is -0.107. The predicted octanol–water partition coefficient (Wildman–Crippen LogP) is 3.38. The number of hydrogen-bond acceptors (Lipinski definition) is 4. The highest BCUT2D eigenvalue weighted by Crippen LogP contribution is 2.24. The Labute approximate surface area is 155 Å². The predicted molar refractivity (Wildman–Crippen MR) is 106 cm³/mol. The number of nitrogens with one attached hydrogen (secondary N) is 2. The molecular formula is C19H28N2O3S. The van der Waals surface area contributed by atoms with Gasteiger partial charge in [-0.3, -0.25) is 0 Å². The summed E-state index contributed by atoms with van der Waals surface area (Å²) >= 11 is 5.27. The Bertz CT molecular complexity index is 627. The first-order chi connectivity index (χ1) is 12.0. The second-order valence-electron chi connectivity index (χ2n) is 5.67. The quantitative estimate of drug-likeness (QED) is 0.233. The molecule has 25 heavy (non-hydrogen) atoms. The van der Waals surface area contributed by atoms with E-state index in [1.165, 1.54) is 11.6 Å². The lowest BCUT2D eigenvalue weighted by atomic mass is 10.1. The van der Waals surface area contributed by atoms with Crippen molar-refractivity contribution in [1.29, 1.82) is 0 Å². The van der Waals surface area contributed by atoms with Crippen LogP contribution in [0.4, 0.5) is 0 Å². The largest absolute Gasteiger partial charge is 0.504 e. The second kappa shape index (κ2) is 11.4. The van der Waals surface area contributed by atoms with Gasteiger partial charge in [-0.1, -0.05) is 24.6 Å². The standard InChI is InChI=1S/C19H28N2O3S/c1-4-15(6-5-14(2)24-3)9-11-20-19(25)21-12-10-16-7-8-17(22)18(23)13-16/h5-8,13,22-23H,4,9-12H2,1-3H3,(H2,20,21,25)/b14-5+,15-6+. The maximum atomic E-state index is 9.47. The Morgan fingerprint density at radius 1 is 1.16 bits per heavy atom. The van der Waals surface area contributed by atoms with E-state index in [1.54, 1.807) is 19.2 Å². The maximum absolute atomic E-state index is 9.47. The van der Waals surface area contributed by atoms with Crippen LogP contribution in [0.2, 0.25) is 0 Å². The Morgan fingerprint density at radius 3 is 2.52 bits per heavy atom. The van der Waals surface area contributed by atoms with Crippen molar-refractivity contribution in [1.82, 2.24) is 10.6 Å². The molecule has 0 fully saturated rings. The molecule has 0 saturated heterocycles. The highest BCUT2D eigenvalue weighted by atomic mass is 32.1. The van der Waals surface area contributed by atoms with Gasteiger partial charge in [0.25, 0.3) is 0 Å². The Balaban J connectivity index is 2.29. The summed E-state index contributed by atoms with van der Waals surface area (Å²) in [6, 6.07) is 4.82. The SMILES string of the molecule is CC/C(=C\C=C(/C)OC)CCNC(=S)NCCc1ccc(O)c(O)c1. The van der Waals surface area contributed by atoms with Gasteiger partial charge in [-0.2, -0.15) is 0 Å². The first-order valence-electron chi connectivity index (χ1n) is 8.39. The van der Waals surface area contributed by atoms with Gasteiger partial charge in [0.2, 0.25) is 0 Å². The van der Waals surface area contributed by atoms with Crippen molar-refractivity contribution in [2.24, 2.45) is 0 Å². The number of aromatic hydroxyl groups is 2. The van der Waals surface area contributed by atoms with E-state index in [0.29, 0.717) is 18.1 Å². The summed E-state index contributed by atoms with van der Waals surface area (Å²) in [6.45, 7) is 5.48. The number of ether oxygens (including phenoxy) is 1. The lowest BCUT2D eigenvalue weighted by Crippen LogP contribution is -2.36. The van der Waals surface area contributed by atoms with Crippen LogP contribution in [0.5, 0.6) is 11.5 Å². The lowest BCUT2D eigenvalue weighted by Gasteiger charge is -2.11. The molecule has 0 saturated carbocycles. The summed E-state index contributed by atoms with van der Waals surface area (Å²) in [5.74, 6) is 0.676. The minimum absolute atomic E-state index is 0.102. The smallest absolute Gasteiger partial charge is 0.166 e. The van der Waals surface area contributed by atoms with Crippen molar-refractivity contribution in [3.8, 4) is 11.5 Å². The molecule has 0 amide bonds. The third-order valence-corrected chi connectivity index (χ3v) is 4.09. The second-order valence-corrected chi connectivity index (χ2v) is 6.07. The fourth-order valence-electron chi connectivity index (χ4n) is 2.13. The normalized spacial score (nSPS) is 12.0. The molecule has 1 aromatic carbocycles. The van der Waals surface area contributed by atoms with E-state index < -0.39 is 0 Å².